The van der Waals surface area contributed by atoms with Crippen molar-refractivity contribution in [3.63, 3.8) is 0 Å². The van der Waals surface area contributed by atoms with Crippen molar-refractivity contribution in [2.24, 2.45) is 5.14 Å². The van der Waals surface area contributed by atoms with Crippen LogP contribution in [0.2, 0.25) is 0 Å². The second-order valence-corrected chi connectivity index (χ2v) is 9.10. The lowest BCUT2D eigenvalue weighted by molar-refractivity contribution is 0.596. The number of rotatable bonds is 6. The van der Waals surface area contributed by atoms with Gasteiger partial charge in [-0.2, -0.15) is 5.10 Å². The van der Waals surface area contributed by atoms with Gasteiger partial charge < -0.3 is 0 Å². The summed E-state index contributed by atoms with van der Waals surface area (Å²) >= 11 is 0. The first-order valence-corrected chi connectivity index (χ1v) is 11.5. The SMILES string of the molecule is CC(C)c1ccc(-c2nc(Cc3ccccc3)nn2-c2ccccc2S(N)(=O)=O)nc1. The number of pyridine rings is 1. The third kappa shape index (κ3) is 4.55. The smallest absolute Gasteiger partial charge is 0.240 e. The summed E-state index contributed by atoms with van der Waals surface area (Å²) < 4.78 is 25.9. The van der Waals surface area contributed by atoms with E-state index < -0.39 is 10.0 Å². The molecule has 0 unspecified atom stereocenters. The molecule has 31 heavy (non-hydrogen) atoms. The molecule has 0 fully saturated rings. The average Bonchev–Trinajstić information content (AvgIpc) is 3.17. The van der Waals surface area contributed by atoms with E-state index in [9.17, 15) is 8.42 Å². The molecule has 0 saturated carbocycles. The van der Waals surface area contributed by atoms with Crippen LogP contribution in [0.3, 0.4) is 0 Å². The van der Waals surface area contributed by atoms with Crippen LogP contribution in [0.5, 0.6) is 0 Å². The fourth-order valence-corrected chi connectivity index (χ4v) is 4.01. The molecule has 2 heterocycles. The highest BCUT2D eigenvalue weighted by molar-refractivity contribution is 7.89. The van der Waals surface area contributed by atoms with Crippen LogP contribution in [-0.4, -0.2) is 28.2 Å². The van der Waals surface area contributed by atoms with Crippen LogP contribution >= 0.6 is 0 Å². The number of aromatic nitrogens is 4. The van der Waals surface area contributed by atoms with E-state index in [0.717, 1.165) is 11.1 Å². The van der Waals surface area contributed by atoms with Crippen LogP contribution in [0.25, 0.3) is 17.2 Å². The summed E-state index contributed by atoms with van der Waals surface area (Å²) in [5, 5.41) is 10.1. The van der Waals surface area contributed by atoms with E-state index in [1.807, 2.05) is 48.7 Å². The lowest BCUT2D eigenvalue weighted by atomic mass is 10.1. The Morgan fingerprint density at radius 1 is 0.968 bits per heavy atom. The molecule has 158 valence electrons. The van der Waals surface area contributed by atoms with E-state index in [-0.39, 0.29) is 4.90 Å². The molecule has 0 radical (unpaired) electrons. The summed E-state index contributed by atoms with van der Waals surface area (Å²) in [6.45, 7) is 4.19. The predicted octanol–water partition coefficient (Wildman–Crippen LogP) is 3.69. The van der Waals surface area contributed by atoms with Gasteiger partial charge in [0, 0.05) is 12.6 Å². The van der Waals surface area contributed by atoms with Gasteiger partial charge in [0.1, 0.15) is 10.6 Å². The first-order chi connectivity index (χ1) is 14.8. The number of hydrogen-bond donors (Lipinski definition) is 1. The highest BCUT2D eigenvalue weighted by Crippen LogP contribution is 2.26. The fourth-order valence-electron chi connectivity index (χ4n) is 3.29. The Labute approximate surface area is 181 Å². The molecule has 8 heteroatoms. The van der Waals surface area contributed by atoms with Gasteiger partial charge in [0.05, 0.1) is 5.69 Å². The van der Waals surface area contributed by atoms with E-state index >= 15 is 0 Å². The summed E-state index contributed by atoms with van der Waals surface area (Å²) in [4.78, 5) is 9.25. The van der Waals surface area contributed by atoms with Crippen LogP contribution in [0, 0.1) is 0 Å². The minimum absolute atomic E-state index is 0.0220. The highest BCUT2D eigenvalue weighted by atomic mass is 32.2. The maximum absolute atomic E-state index is 12.2. The van der Waals surface area contributed by atoms with E-state index in [1.54, 1.807) is 18.2 Å². The van der Waals surface area contributed by atoms with Crippen LogP contribution in [-0.2, 0) is 16.4 Å². The van der Waals surface area contributed by atoms with Gasteiger partial charge in [0.25, 0.3) is 0 Å². The van der Waals surface area contributed by atoms with Gasteiger partial charge in [-0.1, -0.05) is 62.4 Å². The van der Waals surface area contributed by atoms with E-state index in [0.29, 0.717) is 35.4 Å². The van der Waals surface area contributed by atoms with Crippen molar-refractivity contribution in [2.75, 3.05) is 0 Å². The molecule has 0 aliphatic heterocycles. The van der Waals surface area contributed by atoms with Crippen LogP contribution < -0.4 is 5.14 Å². The second kappa shape index (κ2) is 8.41. The van der Waals surface area contributed by atoms with Gasteiger partial charge >= 0.3 is 0 Å². The molecule has 0 aliphatic carbocycles. The number of primary sulfonamides is 1. The molecular formula is C23H23N5O2S. The van der Waals surface area contributed by atoms with Crippen molar-refractivity contribution in [3.05, 3.63) is 89.9 Å². The van der Waals surface area contributed by atoms with Gasteiger partial charge in [-0.3, -0.25) is 4.98 Å². The first kappa shape index (κ1) is 20.9. The summed E-state index contributed by atoms with van der Waals surface area (Å²) in [6.07, 6.45) is 2.31. The Bertz CT molecular complexity index is 1300. The van der Waals surface area contributed by atoms with Crippen LogP contribution in [0.1, 0.15) is 36.7 Å². The zero-order chi connectivity index (χ0) is 22.0. The lowest BCUT2D eigenvalue weighted by Crippen LogP contribution is -2.16. The molecule has 0 amide bonds. The topological polar surface area (TPSA) is 104 Å². The predicted molar refractivity (Wildman–Crippen MR) is 119 cm³/mol. The molecule has 0 spiro atoms. The van der Waals surface area contributed by atoms with Crippen molar-refractivity contribution >= 4 is 10.0 Å². The van der Waals surface area contributed by atoms with Crippen LogP contribution in [0.4, 0.5) is 0 Å². The summed E-state index contributed by atoms with van der Waals surface area (Å²) in [5.74, 6) is 1.36. The Morgan fingerprint density at radius 2 is 1.68 bits per heavy atom. The number of sulfonamides is 1. The van der Waals surface area contributed by atoms with Gasteiger partial charge in [-0.15, -0.1) is 0 Å². The number of para-hydroxylation sites is 1. The Morgan fingerprint density at radius 3 is 2.32 bits per heavy atom. The van der Waals surface area contributed by atoms with Crippen molar-refractivity contribution in [2.45, 2.75) is 31.1 Å². The van der Waals surface area contributed by atoms with Crippen molar-refractivity contribution in [1.29, 1.82) is 0 Å². The molecule has 0 atom stereocenters. The summed E-state index contributed by atoms with van der Waals surface area (Å²) in [7, 11) is -3.96. The normalized spacial score (nSPS) is 11.7. The number of nitrogens with two attached hydrogens (primary N) is 1. The highest BCUT2D eigenvalue weighted by Gasteiger charge is 2.21. The van der Waals surface area contributed by atoms with E-state index in [2.05, 4.69) is 23.9 Å². The summed E-state index contributed by atoms with van der Waals surface area (Å²) in [6, 6.07) is 20.2. The molecule has 4 rings (SSSR count). The second-order valence-electron chi connectivity index (χ2n) is 7.57. The van der Waals surface area contributed by atoms with Gasteiger partial charge in [0.15, 0.2) is 11.6 Å². The van der Waals surface area contributed by atoms with Crippen molar-refractivity contribution < 1.29 is 8.42 Å². The zero-order valence-electron chi connectivity index (χ0n) is 17.3. The quantitative estimate of drug-likeness (QED) is 0.499. The Hall–Kier alpha value is -3.36. The molecule has 2 N–H and O–H groups in total. The number of benzene rings is 2. The van der Waals surface area contributed by atoms with Crippen molar-refractivity contribution in [3.8, 4) is 17.2 Å². The van der Waals surface area contributed by atoms with Gasteiger partial charge in [-0.05, 0) is 35.2 Å². The molecule has 0 bridgehead atoms. The van der Waals surface area contributed by atoms with E-state index in [1.165, 1.54) is 10.7 Å². The monoisotopic (exact) mass is 433 g/mol. The third-order valence-electron chi connectivity index (χ3n) is 4.94. The maximum Gasteiger partial charge on any atom is 0.240 e. The average molecular weight is 434 g/mol. The fraction of sp³-hybridized carbons (Fsp3) is 0.174. The standard InChI is InChI=1S/C23H23N5O2S/c1-16(2)18-12-13-19(25-15-18)23-26-22(14-17-8-4-3-5-9-17)27-28(23)20-10-6-7-11-21(20)31(24,29)30/h3-13,15-16H,14H2,1-2H3,(H2,24,29,30). The minimum atomic E-state index is -3.96. The maximum atomic E-state index is 12.2. The number of hydrogen-bond acceptors (Lipinski definition) is 5. The zero-order valence-corrected chi connectivity index (χ0v) is 18.1. The molecule has 0 aliphatic rings. The minimum Gasteiger partial charge on any atom is -0.253 e. The van der Waals surface area contributed by atoms with E-state index in [4.69, 9.17) is 10.1 Å². The van der Waals surface area contributed by atoms with Gasteiger partial charge in [-0.25, -0.2) is 23.2 Å². The first-order valence-electron chi connectivity index (χ1n) is 9.91. The third-order valence-corrected chi connectivity index (χ3v) is 5.90. The van der Waals surface area contributed by atoms with Crippen LogP contribution in [0.15, 0.2) is 77.8 Å². The molecule has 7 nitrogen and oxygen atoms in total. The summed E-state index contributed by atoms with van der Waals surface area (Å²) in [5.41, 5.74) is 3.08. The lowest BCUT2D eigenvalue weighted by Gasteiger charge is -2.10. The molecule has 4 aromatic rings. The molecule has 2 aromatic heterocycles. The molecular weight excluding hydrogens is 410 g/mol. The van der Waals surface area contributed by atoms with Gasteiger partial charge in [0.2, 0.25) is 10.0 Å². The number of nitrogens with zero attached hydrogens (tertiary/aromatic N) is 4. The largest absolute Gasteiger partial charge is 0.253 e. The Kier molecular flexibility index (Phi) is 5.67. The van der Waals surface area contributed by atoms with Crippen molar-refractivity contribution in [1.82, 2.24) is 19.7 Å². The molecule has 2 aromatic carbocycles. The molecule has 0 saturated heterocycles. The Balaban J connectivity index is 1.87.